The first-order chi connectivity index (χ1) is 9.65. The topological polar surface area (TPSA) is 61.5 Å². The zero-order chi connectivity index (χ0) is 14.5. The Morgan fingerprint density at radius 3 is 2.60 bits per heavy atom. The molecule has 0 bridgehead atoms. The lowest BCUT2D eigenvalue weighted by atomic mass is 10.1. The van der Waals surface area contributed by atoms with Crippen LogP contribution in [-0.4, -0.2) is 29.4 Å². The Labute approximate surface area is 123 Å². The van der Waals surface area contributed by atoms with Gasteiger partial charge in [0.1, 0.15) is 11.5 Å². The number of ether oxygens (including phenoxy) is 2. The van der Waals surface area contributed by atoms with E-state index in [9.17, 15) is 4.21 Å². The summed E-state index contributed by atoms with van der Waals surface area (Å²) >= 11 is 0. The molecule has 1 aromatic carbocycles. The van der Waals surface area contributed by atoms with Crippen molar-refractivity contribution in [1.82, 2.24) is 0 Å². The van der Waals surface area contributed by atoms with Crippen molar-refractivity contribution in [2.75, 3.05) is 20.0 Å². The quantitative estimate of drug-likeness (QED) is 0.876. The minimum atomic E-state index is -0.855. The largest absolute Gasteiger partial charge is 0.497 e. The van der Waals surface area contributed by atoms with Crippen LogP contribution in [-0.2, 0) is 10.8 Å². The number of hydrogen-bond acceptors (Lipinski definition) is 4. The van der Waals surface area contributed by atoms with Gasteiger partial charge in [-0.05, 0) is 18.9 Å². The third-order valence-corrected chi connectivity index (χ3v) is 5.76. The monoisotopic (exact) mass is 297 g/mol. The smallest absolute Gasteiger partial charge is 0.127 e. The van der Waals surface area contributed by atoms with Crippen molar-refractivity contribution in [1.29, 1.82) is 0 Å². The highest BCUT2D eigenvalue weighted by Crippen LogP contribution is 2.30. The molecule has 2 unspecified atom stereocenters. The highest BCUT2D eigenvalue weighted by atomic mass is 32.2. The molecular formula is C15H23NO3S. The van der Waals surface area contributed by atoms with Gasteiger partial charge in [0.05, 0.1) is 14.2 Å². The van der Waals surface area contributed by atoms with E-state index in [1.807, 2.05) is 18.2 Å². The molecule has 0 aromatic heterocycles. The summed E-state index contributed by atoms with van der Waals surface area (Å²) < 4.78 is 22.8. The molecule has 0 radical (unpaired) electrons. The maximum Gasteiger partial charge on any atom is 0.127 e. The van der Waals surface area contributed by atoms with Crippen LogP contribution < -0.4 is 15.2 Å². The van der Waals surface area contributed by atoms with Crippen LogP contribution in [0.1, 0.15) is 37.3 Å². The summed E-state index contributed by atoms with van der Waals surface area (Å²) in [6.07, 6.45) is 4.52. The van der Waals surface area contributed by atoms with Gasteiger partial charge in [-0.3, -0.25) is 4.21 Å². The zero-order valence-electron chi connectivity index (χ0n) is 12.1. The highest BCUT2D eigenvalue weighted by Gasteiger charge is 2.24. The third kappa shape index (κ3) is 3.52. The summed E-state index contributed by atoms with van der Waals surface area (Å²) in [5.41, 5.74) is 7.11. The van der Waals surface area contributed by atoms with Gasteiger partial charge in [0.25, 0.3) is 0 Å². The Morgan fingerprint density at radius 2 is 2.00 bits per heavy atom. The molecule has 20 heavy (non-hydrogen) atoms. The second kappa shape index (κ2) is 7.09. The molecule has 0 amide bonds. The van der Waals surface area contributed by atoms with Crippen LogP contribution in [0.15, 0.2) is 18.2 Å². The standard InChI is InChI=1S/C15H23NO3S/c1-18-11-7-8-13(15(9-11)19-2)14(16)10-20(17)12-5-3-4-6-12/h7-9,12,14H,3-6,10,16H2,1-2H3. The Balaban J connectivity index is 2.07. The van der Waals surface area contributed by atoms with Crippen LogP contribution in [0.25, 0.3) is 0 Å². The predicted molar refractivity (Wildman–Crippen MR) is 81.7 cm³/mol. The molecule has 5 heteroatoms. The molecule has 0 heterocycles. The fourth-order valence-corrected chi connectivity index (χ4v) is 4.34. The maximum absolute atomic E-state index is 12.3. The van der Waals surface area contributed by atoms with Crippen LogP contribution in [0.4, 0.5) is 0 Å². The Morgan fingerprint density at radius 1 is 1.30 bits per heavy atom. The third-order valence-electron chi connectivity index (χ3n) is 3.86. The van der Waals surface area contributed by atoms with Gasteiger partial charge in [-0.1, -0.05) is 18.9 Å². The fraction of sp³-hybridized carbons (Fsp3) is 0.600. The average molecular weight is 297 g/mol. The lowest BCUT2D eigenvalue weighted by Crippen LogP contribution is -2.24. The molecule has 1 aromatic rings. The SMILES string of the molecule is COc1ccc(C(N)CS(=O)C2CCCC2)c(OC)c1. The number of hydrogen-bond donors (Lipinski definition) is 1. The van der Waals surface area contributed by atoms with E-state index in [1.54, 1.807) is 14.2 Å². The van der Waals surface area contributed by atoms with Crippen LogP contribution in [0, 0.1) is 0 Å². The molecule has 1 aliphatic rings. The summed E-state index contributed by atoms with van der Waals surface area (Å²) in [6, 6.07) is 5.30. The summed E-state index contributed by atoms with van der Waals surface area (Å²) in [4.78, 5) is 0. The zero-order valence-corrected chi connectivity index (χ0v) is 12.9. The van der Waals surface area contributed by atoms with Gasteiger partial charge in [-0.2, -0.15) is 0 Å². The molecule has 1 aliphatic carbocycles. The molecule has 1 saturated carbocycles. The molecule has 112 valence electrons. The van der Waals surface area contributed by atoms with Crippen LogP contribution in [0.3, 0.4) is 0 Å². The van der Waals surface area contributed by atoms with Gasteiger partial charge >= 0.3 is 0 Å². The average Bonchev–Trinajstić information content (AvgIpc) is 3.00. The minimum absolute atomic E-state index is 0.266. The summed E-state index contributed by atoms with van der Waals surface area (Å²) in [6.45, 7) is 0. The molecule has 1 fully saturated rings. The van der Waals surface area contributed by atoms with Gasteiger partial charge < -0.3 is 15.2 Å². The molecule has 2 rings (SSSR count). The second-order valence-electron chi connectivity index (χ2n) is 5.17. The summed E-state index contributed by atoms with van der Waals surface area (Å²) in [5.74, 6) is 1.92. The Bertz CT molecular complexity index is 472. The number of methoxy groups -OCH3 is 2. The lowest BCUT2D eigenvalue weighted by Gasteiger charge is -2.18. The van der Waals surface area contributed by atoms with Gasteiger partial charge in [-0.25, -0.2) is 0 Å². The van der Waals surface area contributed by atoms with Crippen LogP contribution >= 0.6 is 0 Å². The summed E-state index contributed by atoms with van der Waals surface area (Å²) in [7, 11) is 2.37. The molecule has 2 N–H and O–H groups in total. The van der Waals surface area contributed by atoms with Crippen molar-refractivity contribution in [3.8, 4) is 11.5 Å². The molecular weight excluding hydrogens is 274 g/mol. The van der Waals surface area contributed by atoms with E-state index in [0.717, 1.165) is 24.2 Å². The van der Waals surface area contributed by atoms with E-state index in [2.05, 4.69) is 0 Å². The first-order valence-corrected chi connectivity index (χ1v) is 8.38. The number of rotatable bonds is 6. The van der Waals surface area contributed by atoms with Crippen molar-refractivity contribution in [2.24, 2.45) is 5.73 Å². The molecule has 0 saturated heterocycles. The van der Waals surface area contributed by atoms with Crippen molar-refractivity contribution in [2.45, 2.75) is 37.0 Å². The van der Waals surface area contributed by atoms with Crippen molar-refractivity contribution in [3.63, 3.8) is 0 Å². The van der Waals surface area contributed by atoms with Crippen LogP contribution in [0.5, 0.6) is 11.5 Å². The predicted octanol–water partition coefficient (Wildman–Crippen LogP) is 2.39. The van der Waals surface area contributed by atoms with Gasteiger partial charge in [0.15, 0.2) is 0 Å². The number of benzene rings is 1. The highest BCUT2D eigenvalue weighted by molar-refractivity contribution is 7.85. The van der Waals surface area contributed by atoms with Crippen molar-refractivity contribution < 1.29 is 13.7 Å². The second-order valence-corrected chi connectivity index (χ2v) is 6.93. The van der Waals surface area contributed by atoms with Gasteiger partial charge in [0, 0.05) is 39.5 Å². The van der Waals surface area contributed by atoms with E-state index in [4.69, 9.17) is 15.2 Å². The normalized spacial score (nSPS) is 18.8. The lowest BCUT2D eigenvalue weighted by molar-refractivity contribution is 0.389. The van der Waals surface area contributed by atoms with E-state index >= 15 is 0 Å². The molecule has 4 nitrogen and oxygen atoms in total. The van der Waals surface area contributed by atoms with E-state index in [1.165, 1.54) is 12.8 Å². The van der Waals surface area contributed by atoms with Crippen molar-refractivity contribution >= 4 is 10.8 Å². The minimum Gasteiger partial charge on any atom is -0.497 e. The first kappa shape index (κ1) is 15.3. The van der Waals surface area contributed by atoms with Crippen LogP contribution in [0.2, 0.25) is 0 Å². The molecule has 0 aliphatic heterocycles. The van der Waals surface area contributed by atoms with E-state index < -0.39 is 10.8 Å². The molecule has 2 atom stereocenters. The Hall–Kier alpha value is -1.07. The molecule has 0 spiro atoms. The first-order valence-electron chi connectivity index (χ1n) is 7.00. The van der Waals surface area contributed by atoms with Crippen molar-refractivity contribution in [3.05, 3.63) is 23.8 Å². The van der Waals surface area contributed by atoms with E-state index in [-0.39, 0.29) is 6.04 Å². The van der Waals surface area contributed by atoms with Gasteiger partial charge in [0.2, 0.25) is 0 Å². The van der Waals surface area contributed by atoms with E-state index in [0.29, 0.717) is 16.8 Å². The summed E-state index contributed by atoms with van der Waals surface area (Å²) in [5, 5.41) is 0.324. The van der Waals surface area contributed by atoms with Gasteiger partial charge in [-0.15, -0.1) is 0 Å². The Kier molecular flexibility index (Phi) is 5.43. The fourth-order valence-electron chi connectivity index (χ4n) is 2.68. The number of nitrogens with two attached hydrogens (primary N) is 1. The maximum atomic E-state index is 12.3.